The zero-order valence-electron chi connectivity index (χ0n) is 17.1. The maximum absolute atomic E-state index is 12.8. The summed E-state index contributed by atoms with van der Waals surface area (Å²) >= 11 is 6.75. The van der Waals surface area contributed by atoms with Crippen LogP contribution in [0.5, 0.6) is 11.5 Å². The number of methoxy groups -OCH3 is 1. The normalized spacial score (nSPS) is 11.0. The minimum Gasteiger partial charge on any atom is -0.493 e. The van der Waals surface area contributed by atoms with Crippen LogP contribution in [0.2, 0.25) is 0 Å². The second kappa shape index (κ2) is 9.97. The number of carbonyl (C=O) groups is 1. The number of hydrogen-bond donors (Lipinski definition) is 1. The first kappa shape index (κ1) is 22.8. The second-order valence-corrected chi connectivity index (χ2v) is 8.25. The van der Waals surface area contributed by atoms with Gasteiger partial charge in [0.1, 0.15) is 0 Å². The molecule has 0 bridgehead atoms. The van der Waals surface area contributed by atoms with Gasteiger partial charge in [-0.1, -0.05) is 34.1 Å². The van der Waals surface area contributed by atoms with Crippen molar-refractivity contribution in [3.63, 3.8) is 0 Å². The molecule has 1 aromatic heterocycles. The molecule has 0 spiro atoms. The highest BCUT2D eigenvalue weighted by Gasteiger charge is 2.15. The number of rotatable bonds is 7. The van der Waals surface area contributed by atoms with Gasteiger partial charge in [0, 0.05) is 17.2 Å². The third-order valence-corrected chi connectivity index (χ3v) is 5.57. The first-order valence-electron chi connectivity index (χ1n) is 9.15. The van der Waals surface area contributed by atoms with Crippen LogP contribution in [0.1, 0.15) is 11.3 Å². The number of halogens is 2. The molecular weight excluding hydrogens is 532 g/mol. The van der Waals surface area contributed by atoms with Crippen molar-refractivity contribution in [3.8, 4) is 17.2 Å². The Bertz CT molecular complexity index is 1190. The average Bonchev–Trinajstić information content (AvgIpc) is 2.96. The summed E-state index contributed by atoms with van der Waals surface area (Å²) in [6.07, 6.45) is 1.34. The molecule has 10 heteroatoms. The molecule has 0 aliphatic carbocycles. The Labute approximate surface area is 195 Å². The molecule has 1 heterocycles. The van der Waals surface area contributed by atoms with Gasteiger partial charge < -0.3 is 9.47 Å². The zero-order valence-corrected chi connectivity index (χ0v) is 20.2. The Hall–Kier alpha value is -2.85. The molecule has 0 fully saturated rings. The molecule has 0 saturated heterocycles. The van der Waals surface area contributed by atoms with Gasteiger partial charge in [0.2, 0.25) is 0 Å². The molecule has 0 atom stereocenters. The van der Waals surface area contributed by atoms with Crippen molar-refractivity contribution < 1.29 is 14.3 Å². The Kier molecular flexibility index (Phi) is 7.34. The number of aromatic nitrogens is 2. The molecule has 0 radical (unpaired) electrons. The molecule has 3 aromatic rings. The predicted molar refractivity (Wildman–Crippen MR) is 125 cm³/mol. The molecule has 2 aromatic carbocycles. The van der Waals surface area contributed by atoms with E-state index in [0.29, 0.717) is 27.2 Å². The van der Waals surface area contributed by atoms with Gasteiger partial charge in [-0.3, -0.25) is 14.3 Å². The Balaban J connectivity index is 1.69. The van der Waals surface area contributed by atoms with Crippen LogP contribution in [0.3, 0.4) is 0 Å². The van der Waals surface area contributed by atoms with Gasteiger partial charge in [0.25, 0.3) is 11.5 Å². The quantitative estimate of drug-likeness (QED) is 0.359. The number of para-hydroxylation sites is 1. The minimum atomic E-state index is -0.481. The molecule has 1 N–H and O–H groups in total. The van der Waals surface area contributed by atoms with Crippen LogP contribution >= 0.6 is 31.9 Å². The molecule has 162 valence electrons. The number of hydrogen-bond acceptors (Lipinski definition) is 5. The van der Waals surface area contributed by atoms with Crippen molar-refractivity contribution in [2.45, 2.75) is 6.92 Å². The lowest BCUT2D eigenvalue weighted by molar-refractivity contribution is -0.123. The number of amides is 1. The Morgan fingerprint density at radius 2 is 1.94 bits per heavy atom. The van der Waals surface area contributed by atoms with Crippen LogP contribution in [-0.4, -0.2) is 35.2 Å². The maximum atomic E-state index is 12.8. The van der Waals surface area contributed by atoms with E-state index < -0.39 is 5.91 Å². The Morgan fingerprint density at radius 3 is 2.61 bits per heavy atom. The minimum absolute atomic E-state index is 0.232. The van der Waals surface area contributed by atoms with E-state index in [0.717, 1.165) is 10.2 Å². The average molecular weight is 552 g/mol. The summed E-state index contributed by atoms with van der Waals surface area (Å²) in [6, 6.07) is 12.8. The lowest BCUT2D eigenvalue weighted by Gasteiger charge is -2.12. The number of nitrogens with one attached hydrogen (secondary N) is 1. The molecule has 1 amide bonds. The number of carbonyl (C=O) groups excluding carboxylic acids is 1. The second-order valence-electron chi connectivity index (χ2n) is 6.48. The highest BCUT2D eigenvalue weighted by Crippen LogP contribution is 2.38. The van der Waals surface area contributed by atoms with Gasteiger partial charge >= 0.3 is 0 Å². The van der Waals surface area contributed by atoms with Crippen molar-refractivity contribution in [3.05, 3.63) is 73.0 Å². The van der Waals surface area contributed by atoms with E-state index in [1.807, 2.05) is 37.3 Å². The first-order chi connectivity index (χ1) is 14.8. The van der Waals surface area contributed by atoms with Crippen LogP contribution in [0.25, 0.3) is 5.69 Å². The first-order valence-corrected chi connectivity index (χ1v) is 10.7. The summed E-state index contributed by atoms with van der Waals surface area (Å²) in [5.74, 6) is 0.387. The lowest BCUT2D eigenvalue weighted by Crippen LogP contribution is -2.25. The summed E-state index contributed by atoms with van der Waals surface area (Å²) in [5.41, 5.74) is 3.98. The topological polar surface area (TPSA) is 86.8 Å². The van der Waals surface area contributed by atoms with E-state index in [1.54, 1.807) is 28.5 Å². The van der Waals surface area contributed by atoms with Gasteiger partial charge in [-0.15, -0.1) is 0 Å². The summed E-state index contributed by atoms with van der Waals surface area (Å²) in [7, 11) is 3.30. The number of benzene rings is 2. The molecule has 0 unspecified atom stereocenters. The molecule has 8 nitrogen and oxygen atoms in total. The van der Waals surface area contributed by atoms with Gasteiger partial charge in [-0.25, -0.2) is 10.1 Å². The number of nitrogens with zero attached hydrogens (tertiary/aromatic N) is 3. The molecule has 0 aliphatic rings. The van der Waals surface area contributed by atoms with Crippen LogP contribution < -0.4 is 20.5 Å². The fraction of sp³-hybridized carbons (Fsp3) is 0.190. The van der Waals surface area contributed by atoms with Gasteiger partial charge in [-0.05, 0) is 47.1 Å². The van der Waals surface area contributed by atoms with Crippen LogP contribution in [0, 0.1) is 6.92 Å². The van der Waals surface area contributed by atoms with E-state index in [2.05, 4.69) is 42.4 Å². The van der Waals surface area contributed by atoms with Crippen molar-refractivity contribution >= 4 is 44.0 Å². The van der Waals surface area contributed by atoms with E-state index in [9.17, 15) is 9.59 Å². The third kappa shape index (κ3) is 5.08. The fourth-order valence-electron chi connectivity index (χ4n) is 2.90. The van der Waals surface area contributed by atoms with E-state index in [1.165, 1.54) is 13.3 Å². The van der Waals surface area contributed by atoms with Gasteiger partial charge in [0.15, 0.2) is 18.1 Å². The summed E-state index contributed by atoms with van der Waals surface area (Å²) in [6.45, 7) is 1.53. The number of hydrazone groups is 1. The molecule has 0 aliphatic heterocycles. The number of ether oxygens (including phenoxy) is 2. The van der Waals surface area contributed by atoms with E-state index in [-0.39, 0.29) is 12.2 Å². The molecule has 0 saturated carbocycles. The van der Waals surface area contributed by atoms with Crippen molar-refractivity contribution in [1.29, 1.82) is 0 Å². The van der Waals surface area contributed by atoms with E-state index in [4.69, 9.17) is 9.47 Å². The van der Waals surface area contributed by atoms with Crippen molar-refractivity contribution in [2.75, 3.05) is 13.7 Å². The summed E-state index contributed by atoms with van der Waals surface area (Å²) in [4.78, 5) is 25.0. The molecule has 31 heavy (non-hydrogen) atoms. The monoisotopic (exact) mass is 550 g/mol. The molecule has 3 rings (SSSR count). The third-order valence-electron chi connectivity index (χ3n) is 4.52. The largest absolute Gasteiger partial charge is 0.493 e. The highest BCUT2D eigenvalue weighted by molar-refractivity contribution is 9.11. The van der Waals surface area contributed by atoms with Gasteiger partial charge in [-0.2, -0.15) is 5.10 Å². The highest BCUT2D eigenvalue weighted by atomic mass is 79.9. The fourth-order valence-corrected chi connectivity index (χ4v) is 4.21. The van der Waals surface area contributed by atoms with Crippen LogP contribution in [0.15, 0.2) is 61.3 Å². The van der Waals surface area contributed by atoms with Crippen molar-refractivity contribution in [2.24, 2.45) is 12.1 Å². The van der Waals surface area contributed by atoms with E-state index >= 15 is 0 Å². The SMILES string of the molecule is COc1cc(Br)cc(Br)c1OCC(=O)NN=Cc1c(C)n(C)n(-c2ccccc2)c1=O. The standard InChI is InChI=1S/C21H20Br2N4O4/c1-13-16(21(29)27(26(13)2)15-7-5-4-6-8-15)11-24-25-19(28)12-31-20-17(23)9-14(22)10-18(20)30-3/h4-11H,12H2,1-3H3,(H,25,28). The van der Waals surface area contributed by atoms with Crippen LogP contribution in [0.4, 0.5) is 0 Å². The van der Waals surface area contributed by atoms with Crippen LogP contribution in [-0.2, 0) is 11.8 Å². The zero-order chi connectivity index (χ0) is 22.5. The molecular formula is C21H20Br2N4O4. The maximum Gasteiger partial charge on any atom is 0.280 e. The Morgan fingerprint density at radius 1 is 1.23 bits per heavy atom. The van der Waals surface area contributed by atoms with Gasteiger partial charge in [0.05, 0.1) is 29.0 Å². The summed E-state index contributed by atoms with van der Waals surface area (Å²) in [5, 5.41) is 3.92. The van der Waals surface area contributed by atoms with Crippen molar-refractivity contribution in [1.82, 2.24) is 14.8 Å². The lowest BCUT2D eigenvalue weighted by atomic mass is 10.3. The smallest absolute Gasteiger partial charge is 0.280 e. The predicted octanol–water partition coefficient (Wildman–Crippen LogP) is 3.55. The summed E-state index contributed by atoms with van der Waals surface area (Å²) < 4.78 is 15.5.